The van der Waals surface area contributed by atoms with Crippen LogP contribution in [0.2, 0.25) is 0 Å². The van der Waals surface area contributed by atoms with Crippen LogP contribution in [-0.4, -0.2) is 22.1 Å². The van der Waals surface area contributed by atoms with E-state index in [1.54, 1.807) is 12.3 Å². The molecule has 0 amide bonds. The van der Waals surface area contributed by atoms with Gasteiger partial charge in [0.1, 0.15) is 0 Å². The minimum absolute atomic E-state index is 0.234. The second-order valence-corrected chi connectivity index (χ2v) is 3.89. The number of rotatable bonds is 3. The van der Waals surface area contributed by atoms with E-state index < -0.39 is 5.97 Å². The van der Waals surface area contributed by atoms with E-state index in [0.717, 1.165) is 18.5 Å². The highest BCUT2D eigenvalue weighted by Crippen LogP contribution is 2.22. The van der Waals surface area contributed by atoms with Crippen molar-refractivity contribution in [2.45, 2.75) is 31.7 Å². The highest BCUT2D eigenvalue weighted by atomic mass is 16.4. The third kappa shape index (κ3) is 2.46. The minimum atomic E-state index is -0.933. The molecule has 1 heterocycles. The molecule has 15 heavy (non-hydrogen) atoms. The largest absolute Gasteiger partial charge is 0.478 e. The minimum Gasteiger partial charge on any atom is -0.478 e. The van der Waals surface area contributed by atoms with Crippen LogP contribution in [0.5, 0.6) is 0 Å². The summed E-state index contributed by atoms with van der Waals surface area (Å²) in [6.07, 6.45) is 7.87. The van der Waals surface area contributed by atoms with Crippen molar-refractivity contribution in [3.05, 3.63) is 24.0 Å². The first-order chi connectivity index (χ1) is 7.25. The van der Waals surface area contributed by atoms with Gasteiger partial charge in [0.05, 0.1) is 11.3 Å². The number of hydrogen-bond donors (Lipinski definition) is 2. The molecule has 1 aliphatic carbocycles. The smallest absolute Gasteiger partial charge is 0.337 e. The van der Waals surface area contributed by atoms with Crippen LogP contribution in [0, 0.1) is 0 Å². The first kappa shape index (κ1) is 9.96. The third-order valence-electron chi connectivity index (χ3n) is 2.71. The Hall–Kier alpha value is -1.58. The van der Waals surface area contributed by atoms with Gasteiger partial charge in [-0.2, -0.15) is 0 Å². The number of aromatic nitrogens is 1. The number of nitrogens with one attached hydrogen (secondary N) is 1. The molecule has 4 nitrogen and oxygen atoms in total. The van der Waals surface area contributed by atoms with Crippen LogP contribution in [0.1, 0.15) is 36.0 Å². The van der Waals surface area contributed by atoms with Gasteiger partial charge in [0, 0.05) is 18.4 Å². The van der Waals surface area contributed by atoms with Gasteiger partial charge in [-0.25, -0.2) is 4.79 Å². The fourth-order valence-electron chi connectivity index (χ4n) is 1.94. The van der Waals surface area contributed by atoms with Crippen molar-refractivity contribution in [3.63, 3.8) is 0 Å². The summed E-state index contributed by atoms with van der Waals surface area (Å²) < 4.78 is 0. The number of pyridine rings is 1. The molecule has 2 rings (SSSR count). The summed E-state index contributed by atoms with van der Waals surface area (Å²) >= 11 is 0. The quantitative estimate of drug-likeness (QED) is 0.795. The van der Waals surface area contributed by atoms with Crippen LogP contribution in [0.3, 0.4) is 0 Å². The van der Waals surface area contributed by atoms with Crippen LogP contribution in [0.4, 0.5) is 5.69 Å². The number of aromatic carboxylic acids is 1. The third-order valence-corrected chi connectivity index (χ3v) is 2.71. The topological polar surface area (TPSA) is 62.2 Å². The Morgan fingerprint density at radius 3 is 2.80 bits per heavy atom. The molecule has 0 bridgehead atoms. The second kappa shape index (κ2) is 4.29. The van der Waals surface area contributed by atoms with E-state index in [1.807, 2.05) is 0 Å². The van der Waals surface area contributed by atoms with E-state index in [1.165, 1.54) is 19.0 Å². The van der Waals surface area contributed by atoms with Gasteiger partial charge in [-0.05, 0) is 18.9 Å². The number of anilines is 1. The van der Waals surface area contributed by atoms with E-state index in [9.17, 15) is 4.79 Å². The maximum atomic E-state index is 10.7. The molecule has 2 N–H and O–H groups in total. The number of carboxylic acids is 1. The van der Waals surface area contributed by atoms with Gasteiger partial charge in [-0.1, -0.05) is 12.8 Å². The molecule has 0 aromatic carbocycles. The Bertz CT molecular complexity index is 359. The van der Waals surface area contributed by atoms with Gasteiger partial charge in [0.15, 0.2) is 0 Å². The maximum Gasteiger partial charge on any atom is 0.337 e. The summed E-state index contributed by atoms with van der Waals surface area (Å²) in [5.41, 5.74) is 1.04. The van der Waals surface area contributed by atoms with Crippen molar-refractivity contribution in [3.8, 4) is 0 Å². The van der Waals surface area contributed by atoms with Gasteiger partial charge in [-0.3, -0.25) is 4.98 Å². The molecule has 0 saturated heterocycles. The van der Waals surface area contributed by atoms with Crippen molar-refractivity contribution < 1.29 is 9.90 Å². The number of nitrogens with zero attached hydrogens (tertiary/aromatic N) is 1. The Morgan fingerprint density at radius 2 is 2.13 bits per heavy atom. The summed E-state index contributed by atoms with van der Waals surface area (Å²) in [6, 6.07) is 2.11. The molecular weight excluding hydrogens is 192 g/mol. The van der Waals surface area contributed by atoms with E-state index >= 15 is 0 Å². The molecular formula is C11H14N2O2. The molecule has 0 spiro atoms. The van der Waals surface area contributed by atoms with Crippen molar-refractivity contribution in [1.29, 1.82) is 0 Å². The van der Waals surface area contributed by atoms with Gasteiger partial charge >= 0.3 is 5.97 Å². The summed E-state index contributed by atoms with van der Waals surface area (Å²) in [6.45, 7) is 0. The van der Waals surface area contributed by atoms with Crippen molar-refractivity contribution in [2.75, 3.05) is 5.32 Å². The average Bonchev–Trinajstić information content (AvgIpc) is 2.71. The molecule has 1 aromatic heterocycles. The lowest BCUT2D eigenvalue weighted by atomic mass is 10.2. The molecule has 0 radical (unpaired) electrons. The Balaban J connectivity index is 2.07. The lowest BCUT2D eigenvalue weighted by Gasteiger charge is -2.12. The molecule has 80 valence electrons. The van der Waals surface area contributed by atoms with Crippen molar-refractivity contribution in [1.82, 2.24) is 4.98 Å². The SMILES string of the molecule is O=C(O)c1cncc(NC2CCCC2)c1. The van der Waals surface area contributed by atoms with E-state index in [2.05, 4.69) is 10.3 Å². The van der Waals surface area contributed by atoms with Gasteiger partial charge in [0.25, 0.3) is 0 Å². The molecule has 0 unspecified atom stereocenters. The monoisotopic (exact) mass is 206 g/mol. The lowest BCUT2D eigenvalue weighted by Crippen LogP contribution is -2.15. The average molecular weight is 206 g/mol. The molecule has 0 atom stereocenters. The van der Waals surface area contributed by atoms with Crippen LogP contribution in [0.25, 0.3) is 0 Å². The van der Waals surface area contributed by atoms with E-state index in [4.69, 9.17) is 5.11 Å². The normalized spacial score (nSPS) is 16.5. The fraction of sp³-hybridized carbons (Fsp3) is 0.455. The zero-order valence-corrected chi connectivity index (χ0v) is 8.44. The number of carbonyl (C=O) groups is 1. The van der Waals surface area contributed by atoms with Crippen molar-refractivity contribution in [2.24, 2.45) is 0 Å². The lowest BCUT2D eigenvalue weighted by molar-refractivity contribution is 0.0696. The Kier molecular flexibility index (Phi) is 2.85. The first-order valence-electron chi connectivity index (χ1n) is 5.20. The summed E-state index contributed by atoms with van der Waals surface area (Å²) in [5, 5.41) is 12.1. The molecule has 1 aromatic rings. The van der Waals surface area contributed by atoms with Gasteiger partial charge in [-0.15, -0.1) is 0 Å². The molecule has 1 saturated carbocycles. The molecule has 1 fully saturated rings. The second-order valence-electron chi connectivity index (χ2n) is 3.89. The van der Waals surface area contributed by atoms with Crippen LogP contribution in [-0.2, 0) is 0 Å². The summed E-state index contributed by atoms with van der Waals surface area (Å²) in [5.74, 6) is -0.933. The highest BCUT2D eigenvalue weighted by molar-refractivity contribution is 5.88. The zero-order chi connectivity index (χ0) is 10.7. The Morgan fingerprint density at radius 1 is 1.40 bits per heavy atom. The molecule has 4 heteroatoms. The van der Waals surface area contributed by atoms with Gasteiger partial charge in [0.2, 0.25) is 0 Å². The van der Waals surface area contributed by atoms with E-state index in [0.29, 0.717) is 6.04 Å². The maximum absolute atomic E-state index is 10.7. The fourth-order valence-corrected chi connectivity index (χ4v) is 1.94. The van der Waals surface area contributed by atoms with Gasteiger partial charge < -0.3 is 10.4 Å². The highest BCUT2D eigenvalue weighted by Gasteiger charge is 2.15. The summed E-state index contributed by atoms with van der Waals surface area (Å²) in [7, 11) is 0. The van der Waals surface area contributed by atoms with Crippen LogP contribution in [0.15, 0.2) is 18.5 Å². The predicted octanol–water partition coefficient (Wildman–Crippen LogP) is 2.13. The van der Waals surface area contributed by atoms with Crippen molar-refractivity contribution >= 4 is 11.7 Å². The first-order valence-corrected chi connectivity index (χ1v) is 5.20. The standard InChI is InChI=1S/C11H14N2O2/c14-11(15)8-5-10(7-12-6-8)13-9-3-1-2-4-9/h5-7,9,13H,1-4H2,(H,14,15). The predicted molar refractivity (Wildman–Crippen MR) is 57.1 cm³/mol. The van der Waals surface area contributed by atoms with E-state index in [-0.39, 0.29) is 5.56 Å². The van der Waals surface area contributed by atoms with Crippen LogP contribution >= 0.6 is 0 Å². The number of carboxylic acid groups (broad SMARTS) is 1. The summed E-state index contributed by atoms with van der Waals surface area (Å²) in [4.78, 5) is 14.6. The zero-order valence-electron chi connectivity index (χ0n) is 8.44. The number of hydrogen-bond acceptors (Lipinski definition) is 3. The van der Waals surface area contributed by atoms with Crippen LogP contribution < -0.4 is 5.32 Å². The molecule has 0 aliphatic heterocycles. The molecule has 1 aliphatic rings. The Labute approximate surface area is 88.3 Å².